The normalized spacial score (nSPS) is 26.2. The van der Waals surface area contributed by atoms with Crippen molar-refractivity contribution in [2.45, 2.75) is 24.9 Å². The number of hydrogen-bond acceptors (Lipinski definition) is 9. The Labute approximate surface area is 189 Å². The molecule has 5 rings (SSSR count). The van der Waals surface area contributed by atoms with Crippen molar-refractivity contribution in [3.05, 3.63) is 41.0 Å². The van der Waals surface area contributed by atoms with Gasteiger partial charge in [-0.2, -0.15) is 0 Å². The zero-order valence-electron chi connectivity index (χ0n) is 17.8. The molecule has 1 aliphatic carbocycles. The first-order valence-corrected chi connectivity index (χ1v) is 10.9. The van der Waals surface area contributed by atoms with Gasteiger partial charge in [0.1, 0.15) is 0 Å². The van der Waals surface area contributed by atoms with Gasteiger partial charge in [-0.3, -0.25) is 10.2 Å². The first kappa shape index (κ1) is 21.6. The van der Waals surface area contributed by atoms with Crippen molar-refractivity contribution in [2.24, 2.45) is 11.8 Å². The van der Waals surface area contributed by atoms with Crippen LogP contribution in [0.3, 0.4) is 0 Å². The van der Waals surface area contributed by atoms with Gasteiger partial charge in [0.2, 0.25) is 12.7 Å². The van der Waals surface area contributed by atoms with Crippen LogP contribution in [0.4, 0.5) is 0 Å². The summed E-state index contributed by atoms with van der Waals surface area (Å²) >= 11 is 0. The summed E-state index contributed by atoms with van der Waals surface area (Å²) in [5.74, 6) is -3.85. The molecule has 3 aliphatic rings. The van der Waals surface area contributed by atoms with Crippen molar-refractivity contribution in [3.8, 4) is 28.7 Å². The van der Waals surface area contributed by atoms with Crippen molar-refractivity contribution in [1.82, 2.24) is 10.4 Å². The standard InChI is InChI=1S/C23H26N2O8/c26-9-14-20(23(31)24-25-3-1-2-4-25)19(11-5-15(27)22(30)16(28)6-11)12-7-17-18(33-10-32-17)8-13(12)21(14)29/h5-8,14,19-21,26-30H,1-4,9-10H2,(H,24,31)/t14-,19+,20+,21-/m0/s1. The highest BCUT2D eigenvalue weighted by atomic mass is 16.7. The summed E-state index contributed by atoms with van der Waals surface area (Å²) in [7, 11) is 0. The number of benzene rings is 2. The maximum Gasteiger partial charge on any atom is 0.238 e. The predicted octanol–water partition coefficient (Wildman–Crippen LogP) is 1.06. The zero-order chi connectivity index (χ0) is 23.3. The number of fused-ring (bicyclic) bond motifs is 2. The van der Waals surface area contributed by atoms with E-state index in [0.717, 1.165) is 12.8 Å². The first-order valence-electron chi connectivity index (χ1n) is 10.9. The third kappa shape index (κ3) is 3.60. The van der Waals surface area contributed by atoms with Crippen molar-refractivity contribution >= 4 is 5.91 Å². The Morgan fingerprint density at radius 3 is 2.21 bits per heavy atom. The number of carbonyl (C=O) groups excluding carboxylic acids is 1. The lowest BCUT2D eigenvalue weighted by Crippen LogP contribution is -2.50. The molecule has 0 bridgehead atoms. The van der Waals surface area contributed by atoms with Crippen LogP contribution in [0, 0.1) is 11.8 Å². The fourth-order valence-electron chi connectivity index (χ4n) is 5.18. The van der Waals surface area contributed by atoms with E-state index < -0.39 is 53.6 Å². The fourth-order valence-corrected chi connectivity index (χ4v) is 5.18. The summed E-state index contributed by atoms with van der Waals surface area (Å²) < 4.78 is 11.0. The van der Waals surface area contributed by atoms with Crippen LogP contribution in [0.2, 0.25) is 0 Å². The molecule has 1 fully saturated rings. The number of ether oxygens (including phenoxy) is 2. The Kier molecular flexibility index (Phi) is 5.43. The van der Waals surface area contributed by atoms with Gasteiger partial charge in [-0.15, -0.1) is 0 Å². The van der Waals surface area contributed by atoms with Crippen LogP contribution in [0.1, 0.15) is 41.6 Å². The highest BCUT2D eigenvalue weighted by Gasteiger charge is 2.48. The summed E-state index contributed by atoms with van der Waals surface area (Å²) in [5, 5.41) is 53.4. The summed E-state index contributed by atoms with van der Waals surface area (Å²) in [5.41, 5.74) is 4.24. The fraction of sp³-hybridized carbons (Fsp3) is 0.435. The van der Waals surface area contributed by atoms with Gasteiger partial charge >= 0.3 is 0 Å². The number of hydrazine groups is 1. The lowest BCUT2D eigenvalue weighted by molar-refractivity contribution is -0.135. The second-order valence-corrected chi connectivity index (χ2v) is 8.71. The summed E-state index contributed by atoms with van der Waals surface area (Å²) in [6.07, 6.45) is 0.739. The second kappa shape index (κ2) is 8.29. The van der Waals surface area contributed by atoms with Crippen LogP contribution in [0.25, 0.3) is 0 Å². The molecule has 10 heteroatoms. The number of amides is 1. The van der Waals surface area contributed by atoms with E-state index in [2.05, 4.69) is 5.43 Å². The van der Waals surface area contributed by atoms with E-state index in [1.54, 1.807) is 17.1 Å². The number of hydrogen-bond donors (Lipinski definition) is 6. The van der Waals surface area contributed by atoms with Crippen LogP contribution < -0.4 is 14.9 Å². The third-order valence-electron chi connectivity index (χ3n) is 6.80. The number of phenolic OH excluding ortho intramolecular Hbond substituents is 3. The molecule has 0 spiro atoms. The van der Waals surface area contributed by atoms with Gasteiger partial charge in [-0.25, -0.2) is 5.01 Å². The van der Waals surface area contributed by atoms with Gasteiger partial charge in [0, 0.05) is 31.5 Å². The van der Waals surface area contributed by atoms with E-state index in [4.69, 9.17) is 9.47 Å². The lowest BCUT2D eigenvalue weighted by atomic mass is 9.65. The number of nitrogens with zero attached hydrogens (tertiary/aromatic N) is 1. The Hall–Kier alpha value is -3.21. The number of phenols is 3. The van der Waals surface area contributed by atoms with E-state index in [0.29, 0.717) is 41.3 Å². The first-order chi connectivity index (χ1) is 15.9. The topological polar surface area (TPSA) is 152 Å². The molecule has 176 valence electrons. The molecule has 1 saturated heterocycles. The molecule has 0 radical (unpaired) electrons. The SMILES string of the molecule is O=C(NN1CCCC1)[C@H]1[C@H](c2cc(O)c(O)c(O)c2)c2cc3c(cc2[C@H](O)[C@H]1CO)OCO3. The van der Waals surface area contributed by atoms with E-state index >= 15 is 0 Å². The molecule has 2 aromatic carbocycles. The van der Waals surface area contributed by atoms with E-state index in [1.165, 1.54) is 12.1 Å². The molecule has 2 aliphatic heterocycles. The van der Waals surface area contributed by atoms with Gasteiger partial charge in [0.05, 0.1) is 12.0 Å². The number of nitrogens with one attached hydrogen (secondary N) is 1. The van der Waals surface area contributed by atoms with Crippen LogP contribution in [-0.2, 0) is 4.79 Å². The minimum Gasteiger partial charge on any atom is -0.504 e. The Balaban J connectivity index is 1.67. The van der Waals surface area contributed by atoms with Crippen LogP contribution in [0.5, 0.6) is 28.7 Å². The van der Waals surface area contributed by atoms with Gasteiger partial charge < -0.3 is 35.0 Å². The van der Waals surface area contributed by atoms with E-state index in [-0.39, 0.29) is 6.79 Å². The molecule has 0 unspecified atom stereocenters. The van der Waals surface area contributed by atoms with Crippen LogP contribution in [0.15, 0.2) is 24.3 Å². The molecular formula is C23H26N2O8. The van der Waals surface area contributed by atoms with Gasteiger partial charge in [0.25, 0.3) is 0 Å². The van der Waals surface area contributed by atoms with Crippen molar-refractivity contribution in [3.63, 3.8) is 0 Å². The highest BCUT2D eigenvalue weighted by molar-refractivity contribution is 5.81. The molecule has 10 nitrogen and oxygen atoms in total. The number of aliphatic hydroxyl groups is 2. The Morgan fingerprint density at radius 2 is 1.61 bits per heavy atom. The molecule has 2 heterocycles. The largest absolute Gasteiger partial charge is 0.504 e. The van der Waals surface area contributed by atoms with Crippen molar-refractivity contribution in [2.75, 3.05) is 26.5 Å². The monoisotopic (exact) mass is 458 g/mol. The molecule has 33 heavy (non-hydrogen) atoms. The van der Waals surface area contributed by atoms with E-state index in [9.17, 15) is 30.3 Å². The number of carbonyl (C=O) groups is 1. The number of aromatic hydroxyl groups is 3. The average Bonchev–Trinajstić information content (AvgIpc) is 3.47. The van der Waals surface area contributed by atoms with Crippen LogP contribution in [-0.4, -0.2) is 62.9 Å². The van der Waals surface area contributed by atoms with E-state index in [1.807, 2.05) is 0 Å². The highest BCUT2D eigenvalue weighted by Crippen LogP contribution is 2.53. The molecule has 0 saturated carbocycles. The van der Waals surface area contributed by atoms with Crippen molar-refractivity contribution < 1.29 is 39.8 Å². The Morgan fingerprint density at radius 1 is 1.00 bits per heavy atom. The summed E-state index contributed by atoms with van der Waals surface area (Å²) in [6, 6.07) is 5.86. The summed E-state index contributed by atoms with van der Waals surface area (Å²) in [4.78, 5) is 13.5. The summed E-state index contributed by atoms with van der Waals surface area (Å²) in [6.45, 7) is 0.943. The molecule has 6 N–H and O–H groups in total. The minimum absolute atomic E-state index is 0.0159. The smallest absolute Gasteiger partial charge is 0.238 e. The second-order valence-electron chi connectivity index (χ2n) is 8.71. The predicted molar refractivity (Wildman–Crippen MR) is 114 cm³/mol. The number of aliphatic hydroxyl groups excluding tert-OH is 2. The van der Waals surface area contributed by atoms with Gasteiger partial charge in [-0.05, 0) is 53.8 Å². The van der Waals surface area contributed by atoms with Gasteiger partial charge in [-0.1, -0.05) is 0 Å². The lowest BCUT2D eigenvalue weighted by Gasteiger charge is -2.42. The Bertz CT molecular complexity index is 1060. The van der Waals surface area contributed by atoms with Gasteiger partial charge in [0.15, 0.2) is 28.7 Å². The zero-order valence-corrected chi connectivity index (χ0v) is 17.8. The number of rotatable bonds is 4. The van der Waals surface area contributed by atoms with Crippen LogP contribution >= 0.6 is 0 Å². The molecule has 0 aromatic heterocycles. The molecule has 2 aromatic rings. The minimum atomic E-state index is -1.16. The third-order valence-corrected chi connectivity index (χ3v) is 6.80. The maximum atomic E-state index is 13.5. The molecule has 1 amide bonds. The average molecular weight is 458 g/mol. The molecule has 4 atom stereocenters. The van der Waals surface area contributed by atoms with Crippen molar-refractivity contribution in [1.29, 1.82) is 0 Å². The maximum absolute atomic E-state index is 13.5. The molecular weight excluding hydrogens is 432 g/mol. The quantitative estimate of drug-likeness (QED) is 0.370.